The fraction of sp³-hybridized carbons (Fsp3) is 0.700. The molecule has 2 saturated heterocycles. The minimum atomic E-state index is -1.56. The van der Waals surface area contributed by atoms with Gasteiger partial charge in [0.1, 0.15) is 48.8 Å². The van der Waals surface area contributed by atoms with Crippen LogP contribution in [-0.2, 0) is 9.47 Å². The summed E-state index contributed by atoms with van der Waals surface area (Å²) in [4.78, 5) is 0. The zero-order valence-corrected chi connectivity index (χ0v) is 17.7. The lowest BCUT2D eigenvalue weighted by Gasteiger charge is -2.42. The fourth-order valence-corrected chi connectivity index (χ4v) is 3.80. The van der Waals surface area contributed by atoms with Crippen LogP contribution in [0.15, 0.2) is 12.1 Å². The molecule has 2 heterocycles. The Morgan fingerprint density at radius 1 is 0.625 bits per heavy atom. The van der Waals surface area contributed by atoms with Gasteiger partial charge in [-0.15, -0.1) is 0 Å². The predicted octanol–water partition coefficient (Wildman–Crippen LogP) is -3.27. The van der Waals surface area contributed by atoms with Crippen LogP contribution >= 0.6 is 0 Å². The molecule has 10 N–H and O–H groups in total. The van der Waals surface area contributed by atoms with Crippen LogP contribution in [0.1, 0.15) is 11.1 Å². The van der Waals surface area contributed by atoms with Gasteiger partial charge < -0.3 is 61.0 Å². The second-order valence-corrected chi connectivity index (χ2v) is 8.27. The molecule has 1 aromatic rings. The Hall–Kier alpha value is -1.58. The highest BCUT2D eigenvalue weighted by molar-refractivity contribution is 5.71. The van der Waals surface area contributed by atoms with E-state index in [9.17, 15) is 40.9 Å². The van der Waals surface area contributed by atoms with E-state index in [0.29, 0.717) is 11.4 Å². The third-order valence-electron chi connectivity index (χ3n) is 6.01. The van der Waals surface area contributed by atoms with Crippen molar-refractivity contribution in [3.05, 3.63) is 23.3 Å². The molecule has 0 spiro atoms. The summed E-state index contributed by atoms with van der Waals surface area (Å²) in [6.07, 6.45) is -13.7. The first-order valence-electron chi connectivity index (χ1n) is 10.3. The number of benzene rings is 1. The maximum absolute atomic E-state index is 10.3. The highest BCUT2D eigenvalue weighted by Crippen LogP contribution is 2.32. The molecule has 0 amide bonds. The maximum atomic E-state index is 10.3. The molecule has 0 aliphatic carbocycles. The summed E-state index contributed by atoms with van der Waals surface area (Å²) in [5.41, 5.74) is 2.46. The first-order valence-corrected chi connectivity index (χ1v) is 10.3. The van der Waals surface area contributed by atoms with Crippen molar-refractivity contribution in [1.29, 1.82) is 0 Å². The molecule has 3 rings (SSSR count). The Labute approximate surface area is 184 Å². The molecule has 0 bridgehead atoms. The Balaban J connectivity index is 1.86. The van der Waals surface area contributed by atoms with Crippen molar-refractivity contribution in [3.8, 4) is 0 Å². The van der Waals surface area contributed by atoms with Crippen LogP contribution in [0.5, 0.6) is 0 Å². The maximum Gasteiger partial charge on any atom is 0.157 e. The molecule has 32 heavy (non-hydrogen) atoms. The molecule has 0 radical (unpaired) electrons. The van der Waals surface area contributed by atoms with Crippen molar-refractivity contribution < 1.29 is 50.3 Å². The molecule has 0 saturated carbocycles. The molecule has 12 nitrogen and oxygen atoms in total. The molecule has 1 aromatic carbocycles. The van der Waals surface area contributed by atoms with E-state index >= 15 is 0 Å². The number of rotatable bonds is 6. The molecule has 2 fully saturated rings. The monoisotopic (exact) mass is 460 g/mol. The van der Waals surface area contributed by atoms with E-state index < -0.39 is 74.5 Å². The Morgan fingerprint density at radius 3 is 1.28 bits per heavy atom. The first-order chi connectivity index (χ1) is 15.1. The number of nitrogens with one attached hydrogen (secondary N) is 2. The molecular formula is C20H32N2O10. The Bertz CT molecular complexity index is 716. The summed E-state index contributed by atoms with van der Waals surface area (Å²) >= 11 is 0. The van der Waals surface area contributed by atoms with E-state index in [0.717, 1.165) is 11.1 Å². The van der Waals surface area contributed by atoms with Gasteiger partial charge in [0, 0.05) is 0 Å². The molecule has 2 aliphatic heterocycles. The lowest BCUT2D eigenvalue weighted by molar-refractivity contribution is -0.222. The SMILES string of the molecule is Cc1cc(N[C@H]2O[C@@H](CO)[C@@H](O)[C@@H](O)[C@H]2O)c(N[C@H]2O[C@@H](CO)[C@@H](O)[C@@H](O)[C@H]2O)cc1C. The van der Waals surface area contributed by atoms with E-state index in [-0.39, 0.29) is 0 Å². The fourth-order valence-electron chi connectivity index (χ4n) is 3.80. The van der Waals surface area contributed by atoms with Crippen molar-refractivity contribution in [2.24, 2.45) is 0 Å². The van der Waals surface area contributed by atoms with Crippen LogP contribution in [0.4, 0.5) is 11.4 Å². The average Bonchev–Trinajstić information content (AvgIpc) is 2.77. The second kappa shape index (κ2) is 10.1. The standard InChI is InChI=1S/C20H32N2O10/c1-7-3-9(21-19-17(29)15(27)13(25)11(5-23)31-19)10(4-8(7)2)22-20-18(30)16(28)14(26)12(6-24)32-20/h3-4,11-30H,5-6H2,1-2H3/t11-,12-,13+,14+,15+,16+,17+,18+,19-,20-/m0/s1. The molecule has 12 heteroatoms. The predicted molar refractivity (Wildman–Crippen MR) is 111 cm³/mol. The third kappa shape index (κ3) is 4.84. The lowest BCUT2D eigenvalue weighted by atomic mass is 9.97. The van der Waals surface area contributed by atoms with Crippen LogP contribution < -0.4 is 10.6 Å². The minimum absolute atomic E-state index is 0.370. The molecular weight excluding hydrogens is 428 g/mol. The van der Waals surface area contributed by atoms with Gasteiger partial charge in [-0.1, -0.05) is 0 Å². The number of aryl methyl sites for hydroxylation is 2. The third-order valence-corrected chi connectivity index (χ3v) is 6.01. The van der Waals surface area contributed by atoms with E-state index in [4.69, 9.17) is 9.47 Å². The van der Waals surface area contributed by atoms with E-state index in [2.05, 4.69) is 10.6 Å². The van der Waals surface area contributed by atoms with Gasteiger partial charge in [-0.05, 0) is 37.1 Å². The zero-order chi connectivity index (χ0) is 23.7. The minimum Gasteiger partial charge on any atom is -0.394 e. The zero-order valence-electron chi connectivity index (χ0n) is 17.7. The molecule has 0 aromatic heterocycles. The van der Waals surface area contributed by atoms with Gasteiger partial charge in [0.2, 0.25) is 0 Å². The highest BCUT2D eigenvalue weighted by atomic mass is 16.6. The first kappa shape index (κ1) is 25.1. The van der Waals surface area contributed by atoms with E-state index in [1.165, 1.54) is 0 Å². The number of hydrogen-bond donors (Lipinski definition) is 10. The number of hydrogen-bond acceptors (Lipinski definition) is 12. The quantitative estimate of drug-likeness (QED) is 0.203. The Morgan fingerprint density at radius 2 is 0.969 bits per heavy atom. The van der Waals surface area contributed by atoms with E-state index in [1.807, 2.05) is 13.8 Å². The summed E-state index contributed by atoms with van der Waals surface area (Å²) in [7, 11) is 0. The second-order valence-electron chi connectivity index (χ2n) is 8.27. The van der Waals surface area contributed by atoms with Crippen LogP contribution in [0.25, 0.3) is 0 Å². The van der Waals surface area contributed by atoms with Gasteiger partial charge >= 0.3 is 0 Å². The lowest BCUT2D eigenvalue weighted by Crippen LogP contribution is -2.61. The van der Waals surface area contributed by atoms with Crippen molar-refractivity contribution in [1.82, 2.24) is 0 Å². The summed E-state index contributed by atoms with van der Waals surface area (Å²) in [5.74, 6) is 0. The van der Waals surface area contributed by atoms with Gasteiger partial charge in [0.25, 0.3) is 0 Å². The topological polar surface area (TPSA) is 204 Å². The van der Waals surface area contributed by atoms with E-state index in [1.54, 1.807) is 12.1 Å². The van der Waals surface area contributed by atoms with Gasteiger partial charge in [-0.3, -0.25) is 0 Å². The van der Waals surface area contributed by atoms with Crippen LogP contribution in [-0.4, -0.2) is 115 Å². The Kier molecular flexibility index (Phi) is 7.93. The average molecular weight is 460 g/mol. The van der Waals surface area contributed by atoms with Gasteiger partial charge in [0.15, 0.2) is 12.5 Å². The number of ether oxygens (including phenoxy) is 2. The molecule has 182 valence electrons. The van der Waals surface area contributed by atoms with Crippen molar-refractivity contribution in [2.45, 2.75) is 75.1 Å². The molecule has 0 unspecified atom stereocenters. The van der Waals surface area contributed by atoms with Crippen molar-refractivity contribution in [2.75, 3.05) is 23.8 Å². The molecule has 10 atom stereocenters. The van der Waals surface area contributed by atoms with Crippen molar-refractivity contribution in [3.63, 3.8) is 0 Å². The number of anilines is 2. The van der Waals surface area contributed by atoms with Gasteiger partial charge in [-0.2, -0.15) is 0 Å². The summed E-state index contributed by atoms with van der Waals surface area (Å²) in [6.45, 7) is 2.52. The smallest absolute Gasteiger partial charge is 0.157 e. The van der Waals surface area contributed by atoms with Crippen molar-refractivity contribution >= 4 is 11.4 Å². The van der Waals surface area contributed by atoms with Crippen LogP contribution in [0, 0.1) is 13.8 Å². The highest BCUT2D eigenvalue weighted by Gasteiger charge is 2.45. The van der Waals surface area contributed by atoms with Gasteiger partial charge in [0.05, 0.1) is 24.6 Å². The van der Waals surface area contributed by atoms with Crippen LogP contribution in [0.3, 0.4) is 0 Å². The summed E-state index contributed by atoms with van der Waals surface area (Å²) in [6, 6.07) is 3.42. The number of aliphatic hydroxyl groups excluding tert-OH is 8. The summed E-state index contributed by atoms with van der Waals surface area (Å²) in [5, 5.41) is 85.3. The summed E-state index contributed by atoms with van der Waals surface area (Å²) < 4.78 is 11.0. The normalized spacial score (nSPS) is 40.2. The largest absolute Gasteiger partial charge is 0.394 e. The molecule has 2 aliphatic rings. The number of aliphatic hydroxyl groups is 8. The van der Waals surface area contributed by atoms with Gasteiger partial charge in [-0.25, -0.2) is 0 Å². The van der Waals surface area contributed by atoms with Crippen LogP contribution in [0.2, 0.25) is 0 Å².